The van der Waals surface area contributed by atoms with Crippen molar-refractivity contribution in [2.75, 3.05) is 0 Å². The molecule has 0 aromatic heterocycles. The Hall–Kier alpha value is -0.0800. The average Bonchev–Trinajstić information content (AvgIpc) is 2.66. The molecule has 2 heteroatoms. The van der Waals surface area contributed by atoms with E-state index in [0.717, 1.165) is 25.7 Å². The minimum atomic E-state index is -0.304. The van der Waals surface area contributed by atoms with Crippen molar-refractivity contribution in [2.45, 2.75) is 148 Å². The summed E-state index contributed by atoms with van der Waals surface area (Å²) in [6, 6.07) is 0. The minimum Gasteiger partial charge on any atom is -0.393 e. The van der Waals surface area contributed by atoms with E-state index in [1.807, 2.05) is 0 Å². The largest absolute Gasteiger partial charge is 0.393 e. The van der Waals surface area contributed by atoms with Crippen LogP contribution in [0.2, 0.25) is 0 Å². The van der Waals surface area contributed by atoms with Gasteiger partial charge in [0.05, 0.1) is 12.2 Å². The molecule has 2 nitrogen and oxygen atoms in total. The highest BCUT2D eigenvalue weighted by Crippen LogP contribution is 2.35. The van der Waals surface area contributed by atoms with Crippen LogP contribution in [0, 0.1) is 11.8 Å². The molecule has 1 aliphatic carbocycles. The third kappa shape index (κ3) is 11.5. The molecule has 1 fully saturated rings. The minimum absolute atomic E-state index is 0.112. The molecule has 1 saturated carbocycles. The van der Waals surface area contributed by atoms with E-state index in [9.17, 15) is 10.2 Å². The lowest BCUT2D eigenvalue weighted by atomic mass is 9.74. The molecule has 0 amide bonds. The lowest BCUT2D eigenvalue weighted by molar-refractivity contribution is -0.0342. The maximum atomic E-state index is 11.0. The van der Waals surface area contributed by atoms with Crippen LogP contribution in [-0.2, 0) is 0 Å². The Balaban J connectivity index is 2.60. The number of hydrogen-bond donors (Lipinski definition) is 2. The molecule has 4 atom stereocenters. The van der Waals surface area contributed by atoms with Crippen molar-refractivity contribution in [3.63, 3.8) is 0 Å². The summed E-state index contributed by atoms with van der Waals surface area (Å²) in [6.07, 6.45) is 22.7. The second-order valence-corrected chi connectivity index (χ2v) is 9.22. The van der Waals surface area contributed by atoms with Gasteiger partial charge in [0, 0.05) is 5.92 Å². The molecular formula is C25H50O2. The van der Waals surface area contributed by atoms with Gasteiger partial charge in [0.1, 0.15) is 0 Å². The zero-order valence-electron chi connectivity index (χ0n) is 18.6. The van der Waals surface area contributed by atoms with E-state index in [-0.39, 0.29) is 18.1 Å². The third-order valence-electron chi connectivity index (χ3n) is 6.79. The summed E-state index contributed by atoms with van der Waals surface area (Å²) >= 11 is 0. The molecule has 0 aromatic carbocycles. The molecule has 162 valence electrons. The van der Waals surface area contributed by atoms with Crippen LogP contribution in [-0.4, -0.2) is 22.4 Å². The van der Waals surface area contributed by atoms with Crippen LogP contribution in [0.25, 0.3) is 0 Å². The summed E-state index contributed by atoms with van der Waals surface area (Å²) in [5, 5.41) is 22.0. The SMILES string of the molecule is CCCCCCCC(O)C1C(O)CCCCCCCC1CCCCCCC. The maximum absolute atomic E-state index is 11.0. The number of hydrogen-bond acceptors (Lipinski definition) is 2. The summed E-state index contributed by atoms with van der Waals surface area (Å²) in [5.74, 6) is 0.630. The first-order valence-electron chi connectivity index (χ1n) is 12.6. The van der Waals surface area contributed by atoms with Gasteiger partial charge in [0.2, 0.25) is 0 Å². The van der Waals surface area contributed by atoms with E-state index in [0.29, 0.717) is 5.92 Å². The highest BCUT2D eigenvalue weighted by molar-refractivity contribution is 4.84. The molecular weight excluding hydrogens is 332 g/mol. The van der Waals surface area contributed by atoms with Crippen LogP contribution in [0.4, 0.5) is 0 Å². The molecule has 0 spiro atoms. The Labute approximate surface area is 170 Å². The van der Waals surface area contributed by atoms with Crippen LogP contribution in [0.15, 0.2) is 0 Å². The molecule has 0 aliphatic heterocycles. The van der Waals surface area contributed by atoms with Gasteiger partial charge < -0.3 is 10.2 Å². The van der Waals surface area contributed by atoms with E-state index < -0.39 is 0 Å². The van der Waals surface area contributed by atoms with E-state index in [2.05, 4.69) is 13.8 Å². The van der Waals surface area contributed by atoms with Crippen LogP contribution >= 0.6 is 0 Å². The van der Waals surface area contributed by atoms with Crippen molar-refractivity contribution in [2.24, 2.45) is 11.8 Å². The summed E-state index contributed by atoms with van der Waals surface area (Å²) in [5.41, 5.74) is 0. The van der Waals surface area contributed by atoms with Gasteiger partial charge in [-0.2, -0.15) is 0 Å². The molecule has 0 radical (unpaired) electrons. The highest BCUT2D eigenvalue weighted by Gasteiger charge is 2.33. The van der Waals surface area contributed by atoms with Gasteiger partial charge in [-0.05, 0) is 31.6 Å². The molecule has 27 heavy (non-hydrogen) atoms. The second-order valence-electron chi connectivity index (χ2n) is 9.22. The molecule has 0 aromatic rings. The van der Waals surface area contributed by atoms with Crippen molar-refractivity contribution >= 4 is 0 Å². The fourth-order valence-electron chi connectivity index (χ4n) is 5.06. The summed E-state index contributed by atoms with van der Waals surface area (Å²) in [7, 11) is 0. The molecule has 1 rings (SSSR count). The summed E-state index contributed by atoms with van der Waals surface area (Å²) < 4.78 is 0. The lowest BCUT2D eigenvalue weighted by Gasteiger charge is -2.36. The normalized spacial score (nSPS) is 26.0. The predicted molar refractivity (Wildman–Crippen MR) is 118 cm³/mol. The molecule has 0 saturated heterocycles. The van der Waals surface area contributed by atoms with Gasteiger partial charge in [-0.3, -0.25) is 0 Å². The Morgan fingerprint density at radius 2 is 1.26 bits per heavy atom. The third-order valence-corrected chi connectivity index (χ3v) is 6.79. The summed E-state index contributed by atoms with van der Waals surface area (Å²) in [4.78, 5) is 0. The van der Waals surface area contributed by atoms with E-state index in [4.69, 9.17) is 0 Å². The van der Waals surface area contributed by atoms with Gasteiger partial charge in [0.15, 0.2) is 0 Å². The Bertz CT molecular complexity index is 317. The highest BCUT2D eigenvalue weighted by atomic mass is 16.3. The number of aliphatic hydroxyl groups is 2. The first-order chi connectivity index (χ1) is 13.2. The molecule has 2 N–H and O–H groups in total. The molecule has 4 unspecified atom stereocenters. The van der Waals surface area contributed by atoms with Crippen molar-refractivity contribution in [3.05, 3.63) is 0 Å². The monoisotopic (exact) mass is 382 g/mol. The van der Waals surface area contributed by atoms with E-state index in [1.54, 1.807) is 0 Å². The van der Waals surface area contributed by atoms with Crippen LogP contribution in [0.5, 0.6) is 0 Å². The lowest BCUT2D eigenvalue weighted by Crippen LogP contribution is -2.38. The number of rotatable bonds is 13. The fraction of sp³-hybridized carbons (Fsp3) is 1.00. The predicted octanol–water partition coefficient (Wildman–Crippen LogP) is 7.41. The van der Waals surface area contributed by atoms with Gasteiger partial charge >= 0.3 is 0 Å². The Kier molecular flexibility index (Phi) is 15.6. The molecule has 1 aliphatic rings. The Morgan fingerprint density at radius 3 is 1.93 bits per heavy atom. The molecule has 0 heterocycles. The quantitative estimate of drug-likeness (QED) is 0.326. The average molecular weight is 383 g/mol. The van der Waals surface area contributed by atoms with Crippen molar-refractivity contribution in [1.82, 2.24) is 0 Å². The standard InChI is InChI=1S/C25H50O2/c1-3-5-7-10-14-18-22-19-15-12-9-13-17-21-24(27)25(22)23(26)20-16-11-8-6-4-2/h22-27H,3-21H2,1-2H3. The summed E-state index contributed by atoms with van der Waals surface area (Å²) in [6.45, 7) is 4.51. The molecule has 0 bridgehead atoms. The van der Waals surface area contributed by atoms with Crippen LogP contribution in [0.1, 0.15) is 136 Å². The fourth-order valence-corrected chi connectivity index (χ4v) is 5.06. The van der Waals surface area contributed by atoms with E-state index >= 15 is 0 Å². The van der Waals surface area contributed by atoms with Crippen LogP contribution < -0.4 is 0 Å². The second kappa shape index (κ2) is 16.8. The first-order valence-corrected chi connectivity index (χ1v) is 12.6. The topological polar surface area (TPSA) is 40.5 Å². The van der Waals surface area contributed by atoms with Crippen molar-refractivity contribution in [1.29, 1.82) is 0 Å². The number of unbranched alkanes of at least 4 members (excludes halogenated alkanes) is 8. The van der Waals surface area contributed by atoms with Gasteiger partial charge in [-0.25, -0.2) is 0 Å². The van der Waals surface area contributed by atoms with Crippen LogP contribution in [0.3, 0.4) is 0 Å². The van der Waals surface area contributed by atoms with Crippen molar-refractivity contribution in [3.8, 4) is 0 Å². The van der Waals surface area contributed by atoms with Gasteiger partial charge in [-0.1, -0.05) is 110 Å². The first kappa shape index (κ1) is 25.0. The smallest absolute Gasteiger partial charge is 0.0595 e. The van der Waals surface area contributed by atoms with E-state index in [1.165, 1.54) is 96.3 Å². The number of aliphatic hydroxyl groups excluding tert-OH is 2. The van der Waals surface area contributed by atoms with Gasteiger partial charge in [0.25, 0.3) is 0 Å². The zero-order valence-corrected chi connectivity index (χ0v) is 18.6. The van der Waals surface area contributed by atoms with Crippen molar-refractivity contribution < 1.29 is 10.2 Å². The zero-order chi connectivity index (χ0) is 19.7. The Morgan fingerprint density at radius 1 is 0.704 bits per heavy atom. The maximum Gasteiger partial charge on any atom is 0.0595 e. The van der Waals surface area contributed by atoms with Gasteiger partial charge in [-0.15, -0.1) is 0 Å².